The van der Waals surface area contributed by atoms with Gasteiger partial charge in [0.15, 0.2) is 0 Å². The number of hydrogen-bond donors (Lipinski definition) is 1. The van der Waals surface area contributed by atoms with E-state index >= 15 is 0 Å². The summed E-state index contributed by atoms with van der Waals surface area (Å²) in [7, 11) is 1.14. The molecule has 0 heterocycles. The maximum Gasteiger partial charge on any atom is 0.306 e. The predicted molar refractivity (Wildman–Crippen MR) is 316 cm³/mol. The van der Waals surface area contributed by atoms with E-state index in [2.05, 4.69) is 123 Å². The fourth-order valence-electron chi connectivity index (χ4n) is 7.87. The Morgan fingerprint density at radius 1 is 0.500 bits per heavy atom. The number of carbonyl (C=O) groups is 2. The predicted octanol–water partition coefficient (Wildman–Crippen LogP) is 17.5. The standard InChI is InChI=1S/C64H111N2O7P/c1-7-10-13-16-19-22-25-28-30-31-32-33-34-35-37-39-42-45-48-51-54-57-64(68)73-62(55-52-49-46-43-40-27-24-21-18-15-12-9-3)61(60-72-74(69,70)71-59-58-66(4,5)6)65-63(67)56-53-50-47-44-41-38-36-29-26-23-20-17-14-11-8-2/h10,13,19-20,22-23,26,28-30,32-33,35,37,42,45,52,55,61-62H,7-9,11-12,14-18,21,24-25,27,31,34,36,38-41,43-44,46-51,53-54,56-60H2,1-6H3,(H-,65,67,69,70)/b13-10-,22-19-,23-20+,29-26+,30-28-,33-32-,37-35-,45-42-,55-52-. The van der Waals surface area contributed by atoms with Gasteiger partial charge in [0, 0.05) is 12.8 Å². The highest BCUT2D eigenvalue weighted by atomic mass is 31.2. The molecule has 74 heavy (non-hydrogen) atoms. The van der Waals surface area contributed by atoms with Crippen LogP contribution >= 0.6 is 7.82 Å². The summed E-state index contributed by atoms with van der Waals surface area (Å²) in [5.74, 6) is -0.613. The number of phosphoric ester groups is 1. The second-order valence-electron chi connectivity index (χ2n) is 20.8. The van der Waals surface area contributed by atoms with Gasteiger partial charge in [-0.25, -0.2) is 0 Å². The summed E-state index contributed by atoms with van der Waals surface area (Å²) in [5, 5.41) is 3.00. The lowest BCUT2D eigenvalue weighted by Gasteiger charge is -2.30. The van der Waals surface area contributed by atoms with Gasteiger partial charge in [0.25, 0.3) is 7.82 Å². The zero-order valence-electron chi connectivity index (χ0n) is 48.3. The zero-order valence-corrected chi connectivity index (χ0v) is 49.1. The molecule has 0 aromatic carbocycles. The third kappa shape index (κ3) is 53.5. The van der Waals surface area contributed by atoms with Gasteiger partial charge in [-0.15, -0.1) is 0 Å². The van der Waals surface area contributed by atoms with E-state index in [1.165, 1.54) is 70.6 Å². The van der Waals surface area contributed by atoms with E-state index in [1.807, 2.05) is 33.3 Å². The Morgan fingerprint density at radius 3 is 1.42 bits per heavy atom. The second-order valence-corrected chi connectivity index (χ2v) is 22.2. The van der Waals surface area contributed by atoms with Crippen molar-refractivity contribution < 1.29 is 37.3 Å². The molecule has 0 aliphatic carbocycles. The molecule has 3 atom stereocenters. The fourth-order valence-corrected chi connectivity index (χ4v) is 8.59. The second kappa shape index (κ2) is 53.1. The number of esters is 1. The van der Waals surface area contributed by atoms with Crippen LogP contribution < -0.4 is 10.2 Å². The number of quaternary nitrogens is 1. The topological polar surface area (TPSA) is 114 Å². The van der Waals surface area contributed by atoms with Crippen LogP contribution in [0.3, 0.4) is 0 Å². The van der Waals surface area contributed by atoms with Crippen LogP contribution in [0.1, 0.15) is 233 Å². The van der Waals surface area contributed by atoms with Crippen LogP contribution in [0, 0.1) is 0 Å². The molecule has 0 radical (unpaired) electrons. The zero-order chi connectivity index (χ0) is 54.3. The molecule has 1 N–H and O–H groups in total. The Bertz CT molecular complexity index is 1640. The van der Waals surface area contributed by atoms with Gasteiger partial charge in [-0.05, 0) is 109 Å². The number of likely N-dealkylation sites (N-methyl/N-ethyl adjacent to an activating group) is 1. The maximum absolute atomic E-state index is 13.5. The SMILES string of the molecule is CC/C=C\C/C=C\C/C=C\C/C=C\C/C=C\C/C=C\CCCCC(=O)OC(/C=C\CCCCCCCCCCCC)C(COP(=O)([O-])OCC[N+](C)(C)C)NC(=O)CCCCCCCC/C=C/C=C/CCCCC. The Labute approximate surface area is 455 Å². The number of carbonyl (C=O) groups excluding carboxylic acids is 2. The minimum Gasteiger partial charge on any atom is -0.756 e. The molecular formula is C64H111N2O7P. The van der Waals surface area contributed by atoms with Crippen LogP contribution in [0.25, 0.3) is 0 Å². The molecule has 1 amide bonds. The monoisotopic (exact) mass is 1050 g/mol. The largest absolute Gasteiger partial charge is 0.756 e. The number of amides is 1. The molecule has 0 aromatic heterocycles. The lowest BCUT2D eigenvalue weighted by Crippen LogP contribution is -2.47. The van der Waals surface area contributed by atoms with Gasteiger partial charge in [-0.3, -0.25) is 14.2 Å². The molecule has 0 saturated carbocycles. The van der Waals surface area contributed by atoms with E-state index in [0.717, 1.165) is 116 Å². The molecule has 0 aliphatic rings. The van der Waals surface area contributed by atoms with E-state index in [1.54, 1.807) is 0 Å². The number of hydrogen-bond acceptors (Lipinski definition) is 7. The number of ether oxygens (including phenoxy) is 1. The Hall–Kier alpha value is -3.33. The average molecular weight is 1050 g/mol. The van der Waals surface area contributed by atoms with Crippen molar-refractivity contribution in [1.82, 2.24) is 5.32 Å². The van der Waals surface area contributed by atoms with Crippen molar-refractivity contribution in [2.75, 3.05) is 40.9 Å². The number of nitrogens with one attached hydrogen (secondary N) is 1. The summed E-state index contributed by atoms with van der Waals surface area (Å²) in [6.07, 6.45) is 72.0. The summed E-state index contributed by atoms with van der Waals surface area (Å²) in [5.41, 5.74) is 0. The van der Waals surface area contributed by atoms with Crippen molar-refractivity contribution in [2.45, 2.75) is 245 Å². The molecule has 424 valence electrons. The molecule has 0 aliphatic heterocycles. The minimum absolute atomic E-state index is 0.0374. The van der Waals surface area contributed by atoms with Crippen molar-refractivity contribution in [1.29, 1.82) is 0 Å². The van der Waals surface area contributed by atoms with Crippen LogP contribution in [-0.2, 0) is 27.9 Å². The molecule has 9 nitrogen and oxygen atoms in total. The van der Waals surface area contributed by atoms with E-state index < -0.39 is 26.6 Å². The minimum atomic E-state index is -4.72. The molecule has 0 spiro atoms. The Kier molecular flexibility index (Phi) is 50.7. The first-order valence-electron chi connectivity index (χ1n) is 29.7. The van der Waals surface area contributed by atoms with Crippen molar-refractivity contribution in [3.8, 4) is 0 Å². The average Bonchev–Trinajstić information content (AvgIpc) is 3.36. The van der Waals surface area contributed by atoms with Gasteiger partial charge >= 0.3 is 5.97 Å². The summed E-state index contributed by atoms with van der Waals surface area (Å²) in [6, 6.07) is -0.919. The van der Waals surface area contributed by atoms with Crippen molar-refractivity contribution in [3.05, 3.63) is 109 Å². The van der Waals surface area contributed by atoms with E-state index in [0.29, 0.717) is 23.9 Å². The highest BCUT2D eigenvalue weighted by Crippen LogP contribution is 2.38. The van der Waals surface area contributed by atoms with Gasteiger partial charge in [-0.2, -0.15) is 0 Å². The molecular weight excluding hydrogens is 940 g/mol. The first-order chi connectivity index (χ1) is 35.9. The molecule has 3 unspecified atom stereocenters. The first kappa shape index (κ1) is 70.7. The van der Waals surface area contributed by atoms with Crippen LogP contribution in [0.4, 0.5) is 0 Å². The summed E-state index contributed by atoms with van der Waals surface area (Å²) in [4.78, 5) is 39.9. The van der Waals surface area contributed by atoms with Crippen LogP contribution in [0.2, 0.25) is 0 Å². The lowest BCUT2D eigenvalue weighted by molar-refractivity contribution is -0.870. The summed E-state index contributed by atoms with van der Waals surface area (Å²) in [6.45, 7) is 6.64. The highest BCUT2D eigenvalue weighted by molar-refractivity contribution is 7.45. The van der Waals surface area contributed by atoms with Gasteiger partial charge < -0.3 is 28.5 Å². The number of phosphoric acid groups is 1. The van der Waals surface area contributed by atoms with E-state index in [-0.39, 0.29) is 31.3 Å². The summed E-state index contributed by atoms with van der Waals surface area (Å²) < 4.78 is 30.2. The van der Waals surface area contributed by atoms with Crippen molar-refractivity contribution in [3.63, 3.8) is 0 Å². The number of nitrogens with zero attached hydrogens (tertiary/aromatic N) is 1. The third-order valence-electron chi connectivity index (χ3n) is 12.5. The smallest absolute Gasteiger partial charge is 0.306 e. The maximum atomic E-state index is 13.5. The van der Waals surface area contributed by atoms with Gasteiger partial charge in [-0.1, -0.05) is 220 Å². The first-order valence-corrected chi connectivity index (χ1v) is 31.2. The number of allylic oxidation sites excluding steroid dienone is 17. The molecule has 0 fully saturated rings. The van der Waals surface area contributed by atoms with E-state index in [4.69, 9.17) is 13.8 Å². The van der Waals surface area contributed by atoms with E-state index in [9.17, 15) is 19.0 Å². The Morgan fingerprint density at radius 2 is 0.905 bits per heavy atom. The molecule has 10 heteroatoms. The van der Waals surface area contributed by atoms with Crippen LogP contribution in [0.15, 0.2) is 109 Å². The molecule has 0 aromatic rings. The van der Waals surface area contributed by atoms with Gasteiger partial charge in [0.05, 0.1) is 33.8 Å². The summed E-state index contributed by atoms with van der Waals surface area (Å²) >= 11 is 0. The number of unbranched alkanes of at least 4 members (excludes halogenated alkanes) is 21. The normalized spacial score (nSPS) is 14.5. The van der Waals surface area contributed by atoms with Crippen LogP contribution in [0.5, 0.6) is 0 Å². The fraction of sp³-hybridized carbons (Fsp3) is 0.688. The van der Waals surface area contributed by atoms with Crippen LogP contribution in [-0.4, -0.2) is 69.4 Å². The third-order valence-corrected chi connectivity index (χ3v) is 13.4. The van der Waals surface area contributed by atoms with Gasteiger partial charge in [0.1, 0.15) is 19.3 Å². The quantitative estimate of drug-likeness (QED) is 0.0161. The lowest BCUT2D eigenvalue weighted by atomic mass is 10.0. The van der Waals surface area contributed by atoms with Crippen molar-refractivity contribution in [2.24, 2.45) is 0 Å². The molecule has 0 saturated heterocycles. The Balaban J connectivity index is 5.41. The molecule has 0 rings (SSSR count). The number of rotatable bonds is 52. The van der Waals surface area contributed by atoms with Gasteiger partial charge in [0.2, 0.25) is 5.91 Å². The highest BCUT2D eigenvalue weighted by Gasteiger charge is 2.27. The van der Waals surface area contributed by atoms with Crippen molar-refractivity contribution >= 4 is 19.7 Å². The molecule has 0 bridgehead atoms.